The van der Waals surface area contributed by atoms with Gasteiger partial charge in [-0.3, -0.25) is 29.8 Å². The predicted molar refractivity (Wildman–Crippen MR) is 111 cm³/mol. The van der Waals surface area contributed by atoms with Crippen LogP contribution in [0.3, 0.4) is 0 Å². The van der Waals surface area contributed by atoms with Gasteiger partial charge in [0, 0.05) is 30.4 Å². The van der Waals surface area contributed by atoms with Gasteiger partial charge in [-0.25, -0.2) is 0 Å². The van der Waals surface area contributed by atoms with E-state index in [1.165, 1.54) is 12.1 Å². The largest absolute Gasteiger partial charge is 0.339 e. The molecular weight excluding hydrogens is 392 g/mol. The van der Waals surface area contributed by atoms with Crippen molar-refractivity contribution in [3.8, 4) is 0 Å². The zero-order valence-electron chi connectivity index (χ0n) is 16.7. The fourth-order valence-corrected chi connectivity index (χ4v) is 2.91. The molecule has 2 rings (SSSR count). The van der Waals surface area contributed by atoms with Crippen LogP contribution in [0.25, 0.3) is 0 Å². The number of anilines is 1. The van der Waals surface area contributed by atoms with Crippen LogP contribution >= 0.6 is 0 Å². The van der Waals surface area contributed by atoms with Crippen molar-refractivity contribution in [2.75, 3.05) is 18.4 Å². The fraction of sp³-hybridized carbons (Fsp3) is 0.300. The van der Waals surface area contributed by atoms with Gasteiger partial charge in [-0.05, 0) is 43.2 Å². The molecule has 0 atom stereocenters. The van der Waals surface area contributed by atoms with E-state index in [4.69, 9.17) is 0 Å². The first-order chi connectivity index (χ1) is 14.3. The fourth-order valence-electron chi connectivity index (χ4n) is 2.91. The first-order valence-electron chi connectivity index (χ1n) is 9.42. The molecule has 0 aliphatic rings. The summed E-state index contributed by atoms with van der Waals surface area (Å²) in [5.74, 6) is -0.892. The molecule has 10 heteroatoms. The highest BCUT2D eigenvalue weighted by Crippen LogP contribution is 2.25. The van der Waals surface area contributed by atoms with Crippen molar-refractivity contribution < 1.29 is 19.4 Å². The maximum atomic E-state index is 12.6. The van der Waals surface area contributed by atoms with Crippen molar-refractivity contribution >= 4 is 28.9 Å². The lowest BCUT2D eigenvalue weighted by atomic mass is 10.1. The quantitative estimate of drug-likeness (QED) is 0.486. The molecule has 0 bridgehead atoms. The zero-order valence-corrected chi connectivity index (χ0v) is 16.7. The Balaban J connectivity index is 2.19. The Hall–Kier alpha value is -3.82. The summed E-state index contributed by atoms with van der Waals surface area (Å²) < 4.78 is 0. The van der Waals surface area contributed by atoms with Crippen molar-refractivity contribution in [2.24, 2.45) is 0 Å². The lowest BCUT2D eigenvalue weighted by Crippen LogP contribution is -2.32. The third kappa shape index (κ3) is 5.37. The summed E-state index contributed by atoms with van der Waals surface area (Å²) in [7, 11) is 0. The van der Waals surface area contributed by atoms with Crippen molar-refractivity contribution in [3.63, 3.8) is 0 Å². The number of nitrogens with zero attached hydrogens (tertiary/aromatic N) is 3. The van der Waals surface area contributed by atoms with Crippen LogP contribution in [-0.2, 0) is 0 Å². The summed E-state index contributed by atoms with van der Waals surface area (Å²) in [4.78, 5) is 47.2. The van der Waals surface area contributed by atoms with E-state index in [0.717, 1.165) is 31.0 Å². The maximum Gasteiger partial charge on any atom is 0.289 e. The second-order valence-corrected chi connectivity index (χ2v) is 6.54. The van der Waals surface area contributed by atoms with Gasteiger partial charge in [0.2, 0.25) is 0 Å². The van der Waals surface area contributed by atoms with Gasteiger partial charge in [-0.15, -0.1) is 0 Å². The molecule has 158 valence electrons. The average Bonchev–Trinajstić information content (AvgIpc) is 2.73. The molecule has 2 aromatic carbocycles. The number of nitro benzene ring substituents is 2. The Morgan fingerprint density at radius 2 is 1.53 bits per heavy atom. The van der Waals surface area contributed by atoms with E-state index in [2.05, 4.69) is 5.32 Å². The minimum absolute atomic E-state index is 0.109. The Bertz CT molecular complexity index is 952. The molecule has 1 N–H and O–H groups in total. The molecule has 0 saturated carbocycles. The third-order valence-electron chi connectivity index (χ3n) is 4.30. The van der Waals surface area contributed by atoms with Crippen LogP contribution < -0.4 is 5.32 Å². The molecule has 2 aromatic rings. The van der Waals surface area contributed by atoms with Crippen molar-refractivity contribution in [2.45, 2.75) is 26.7 Å². The Morgan fingerprint density at radius 3 is 2.03 bits per heavy atom. The first kappa shape index (κ1) is 22.5. The smallest absolute Gasteiger partial charge is 0.289 e. The molecule has 0 aliphatic carbocycles. The minimum atomic E-state index is -0.847. The number of rotatable bonds is 9. The van der Waals surface area contributed by atoms with E-state index in [0.29, 0.717) is 24.3 Å². The Kier molecular flexibility index (Phi) is 7.56. The number of nitrogens with one attached hydrogen (secondary N) is 1. The van der Waals surface area contributed by atoms with Gasteiger partial charge >= 0.3 is 0 Å². The van der Waals surface area contributed by atoms with Crippen LogP contribution in [-0.4, -0.2) is 39.7 Å². The number of amides is 2. The molecule has 0 spiro atoms. The molecule has 0 fully saturated rings. The normalized spacial score (nSPS) is 10.3. The number of nitro groups is 2. The predicted octanol–water partition coefficient (Wildman–Crippen LogP) is 4.02. The standard InChI is InChI=1S/C20H22N4O6/c1-3-11-22(12-4-2)20(26)14-5-7-15(8-6-14)21-19(25)17-10-9-16(23(27)28)13-18(17)24(29)30/h5-10,13H,3-4,11-12H2,1-2H3,(H,21,25). The molecular formula is C20H22N4O6. The van der Waals surface area contributed by atoms with Crippen molar-refractivity contribution in [3.05, 3.63) is 73.8 Å². The highest BCUT2D eigenvalue weighted by Gasteiger charge is 2.24. The number of carbonyl (C=O) groups excluding carboxylic acids is 2. The summed E-state index contributed by atoms with van der Waals surface area (Å²) in [6.45, 7) is 5.28. The molecule has 0 radical (unpaired) electrons. The molecule has 10 nitrogen and oxygen atoms in total. The second-order valence-electron chi connectivity index (χ2n) is 6.54. The lowest BCUT2D eigenvalue weighted by Gasteiger charge is -2.21. The van der Waals surface area contributed by atoms with Gasteiger partial charge in [0.25, 0.3) is 23.2 Å². The summed E-state index contributed by atoms with van der Waals surface area (Å²) in [5, 5.41) is 24.5. The Morgan fingerprint density at radius 1 is 0.933 bits per heavy atom. The molecule has 0 saturated heterocycles. The molecule has 0 aromatic heterocycles. The third-order valence-corrected chi connectivity index (χ3v) is 4.30. The Labute approximate surface area is 172 Å². The van der Waals surface area contributed by atoms with E-state index in [1.54, 1.807) is 17.0 Å². The topological polar surface area (TPSA) is 136 Å². The van der Waals surface area contributed by atoms with Crippen LogP contribution in [0, 0.1) is 20.2 Å². The number of non-ortho nitro benzene ring substituents is 1. The molecule has 0 heterocycles. The SMILES string of the molecule is CCCN(CCC)C(=O)c1ccc(NC(=O)c2ccc([N+](=O)[O-])cc2[N+](=O)[O-])cc1. The summed E-state index contributed by atoms with van der Waals surface area (Å²) in [6, 6.07) is 9.00. The molecule has 0 unspecified atom stereocenters. The van der Waals surface area contributed by atoms with Gasteiger partial charge < -0.3 is 10.2 Å². The van der Waals surface area contributed by atoms with E-state index in [9.17, 15) is 29.8 Å². The van der Waals surface area contributed by atoms with Gasteiger partial charge in [0.1, 0.15) is 5.56 Å². The second kappa shape index (κ2) is 10.1. The van der Waals surface area contributed by atoms with Gasteiger partial charge in [-0.1, -0.05) is 13.8 Å². The molecule has 0 aliphatic heterocycles. The van der Waals surface area contributed by atoms with E-state index < -0.39 is 27.1 Å². The average molecular weight is 414 g/mol. The summed E-state index contributed by atoms with van der Waals surface area (Å²) in [5.41, 5.74) is -0.645. The number of hydrogen-bond acceptors (Lipinski definition) is 6. The minimum Gasteiger partial charge on any atom is -0.339 e. The zero-order chi connectivity index (χ0) is 22.3. The van der Waals surface area contributed by atoms with Gasteiger partial charge in [-0.2, -0.15) is 0 Å². The first-order valence-corrected chi connectivity index (χ1v) is 9.42. The van der Waals surface area contributed by atoms with Crippen LogP contribution in [0.2, 0.25) is 0 Å². The van der Waals surface area contributed by atoms with E-state index >= 15 is 0 Å². The number of carbonyl (C=O) groups is 2. The monoisotopic (exact) mass is 414 g/mol. The summed E-state index contributed by atoms with van der Waals surface area (Å²) >= 11 is 0. The molecule has 2 amide bonds. The lowest BCUT2D eigenvalue weighted by molar-refractivity contribution is -0.394. The highest BCUT2D eigenvalue weighted by molar-refractivity contribution is 6.07. The number of benzene rings is 2. The van der Waals surface area contributed by atoms with Crippen LogP contribution in [0.5, 0.6) is 0 Å². The van der Waals surface area contributed by atoms with Gasteiger partial charge in [0.05, 0.1) is 15.9 Å². The highest BCUT2D eigenvalue weighted by atomic mass is 16.6. The van der Waals surface area contributed by atoms with Crippen molar-refractivity contribution in [1.82, 2.24) is 4.90 Å². The molecule has 30 heavy (non-hydrogen) atoms. The van der Waals surface area contributed by atoms with Gasteiger partial charge in [0.15, 0.2) is 0 Å². The number of hydrogen-bond donors (Lipinski definition) is 1. The van der Waals surface area contributed by atoms with Crippen LogP contribution in [0.1, 0.15) is 47.4 Å². The van der Waals surface area contributed by atoms with Crippen molar-refractivity contribution in [1.29, 1.82) is 0 Å². The van der Waals surface area contributed by atoms with Crippen LogP contribution in [0.4, 0.5) is 17.1 Å². The van der Waals surface area contributed by atoms with Crippen LogP contribution in [0.15, 0.2) is 42.5 Å². The maximum absolute atomic E-state index is 12.6. The summed E-state index contributed by atoms with van der Waals surface area (Å²) in [6.07, 6.45) is 1.68. The van der Waals surface area contributed by atoms with E-state index in [-0.39, 0.29) is 11.5 Å². The van der Waals surface area contributed by atoms with E-state index in [1.807, 2.05) is 13.8 Å².